The highest BCUT2D eigenvalue weighted by Gasteiger charge is 2.19. The number of ether oxygens (including phenoxy) is 2. The zero-order chi connectivity index (χ0) is 21.8. The minimum absolute atomic E-state index is 0.680. The first kappa shape index (κ1) is 20.3. The molecule has 0 radical (unpaired) electrons. The molecule has 4 aromatic rings. The second-order valence-electron chi connectivity index (χ2n) is 7.62. The van der Waals surface area contributed by atoms with Crippen LogP contribution in [0.25, 0.3) is 16.9 Å². The van der Waals surface area contributed by atoms with Crippen LogP contribution in [-0.2, 0) is 11.2 Å². The van der Waals surface area contributed by atoms with E-state index in [0.29, 0.717) is 19.2 Å². The number of hydrogen-bond donors (Lipinski definition) is 1. The Kier molecular flexibility index (Phi) is 5.85. The molecule has 164 valence electrons. The molecular formula is C24H26N6O2. The van der Waals surface area contributed by atoms with Crippen LogP contribution < -0.4 is 15.0 Å². The van der Waals surface area contributed by atoms with E-state index in [-0.39, 0.29) is 0 Å². The summed E-state index contributed by atoms with van der Waals surface area (Å²) >= 11 is 0. The maximum Gasteiger partial charge on any atom is 0.229 e. The predicted molar refractivity (Wildman–Crippen MR) is 125 cm³/mol. The number of fused-ring (bicyclic) bond motifs is 1. The van der Waals surface area contributed by atoms with Gasteiger partial charge in [0.2, 0.25) is 5.95 Å². The summed E-state index contributed by atoms with van der Waals surface area (Å²) < 4.78 is 12.8. The second kappa shape index (κ2) is 9.23. The van der Waals surface area contributed by atoms with E-state index in [2.05, 4.69) is 39.5 Å². The van der Waals surface area contributed by atoms with E-state index in [9.17, 15) is 0 Å². The van der Waals surface area contributed by atoms with Crippen molar-refractivity contribution in [3.8, 4) is 11.4 Å². The highest BCUT2D eigenvalue weighted by molar-refractivity contribution is 5.85. The van der Waals surface area contributed by atoms with Crippen LogP contribution in [0, 0.1) is 0 Å². The van der Waals surface area contributed by atoms with E-state index < -0.39 is 0 Å². The number of morpholine rings is 1. The van der Waals surface area contributed by atoms with Crippen LogP contribution in [0.1, 0.15) is 5.56 Å². The molecule has 0 bridgehead atoms. The van der Waals surface area contributed by atoms with E-state index in [1.54, 1.807) is 7.11 Å². The Morgan fingerprint density at radius 3 is 2.53 bits per heavy atom. The van der Waals surface area contributed by atoms with Crippen molar-refractivity contribution in [3.63, 3.8) is 0 Å². The molecule has 8 heteroatoms. The third kappa shape index (κ3) is 4.22. The smallest absolute Gasteiger partial charge is 0.229 e. The number of aromatic nitrogens is 4. The Balaban J connectivity index is 1.45. The zero-order valence-electron chi connectivity index (χ0n) is 18.1. The second-order valence-corrected chi connectivity index (χ2v) is 7.62. The molecule has 2 aromatic heterocycles. The minimum Gasteiger partial charge on any atom is -0.497 e. The summed E-state index contributed by atoms with van der Waals surface area (Å²) in [5, 5.41) is 3.49. The highest BCUT2D eigenvalue weighted by atomic mass is 16.5. The molecule has 0 aliphatic carbocycles. The van der Waals surface area contributed by atoms with Crippen molar-refractivity contribution in [3.05, 3.63) is 66.5 Å². The van der Waals surface area contributed by atoms with Gasteiger partial charge in [0, 0.05) is 25.3 Å². The van der Waals surface area contributed by atoms with Crippen molar-refractivity contribution in [2.75, 3.05) is 50.2 Å². The lowest BCUT2D eigenvalue weighted by Gasteiger charge is -2.27. The lowest BCUT2D eigenvalue weighted by Crippen LogP contribution is -2.37. The normalized spacial score (nSPS) is 14.0. The van der Waals surface area contributed by atoms with Gasteiger partial charge < -0.3 is 19.7 Å². The van der Waals surface area contributed by atoms with Gasteiger partial charge in [-0.3, -0.25) is 4.57 Å². The Labute approximate surface area is 186 Å². The molecule has 0 spiro atoms. The number of hydrogen-bond acceptors (Lipinski definition) is 7. The average molecular weight is 431 g/mol. The van der Waals surface area contributed by atoms with Crippen LogP contribution >= 0.6 is 0 Å². The Morgan fingerprint density at radius 2 is 1.78 bits per heavy atom. The number of methoxy groups -OCH3 is 1. The fraction of sp³-hybridized carbons (Fsp3) is 0.292. The number of nitrogens with one attached hydrogen (secondary N) is 1. The van der Waals surface area contributed by atoms with Gasteiger partial charge in [0.15, 0.2) is 17.0 Å². The summed E-state index contributed by atoms with van der Waals surface area (Å²) in [6.07, 6.45) is 2.67. The van der Waals surface area contributed by atoms with Crippen LogP contribution in [0.3, 0.4) is 0 Å². The first-order chi connectivity index (χ1) is 15.8. The summed E-state index contributed by atoms with van der Waals surface area (Å²) in [5.41, 5.74) is 3.80. The van der Waals surface area contributed by atoms with Crippen LogP contribution in [-0.4, -0.2) is 59.5 Å². The van der Waals surface area contributed by atoms with Gasteiger partial charge in [0.05, 0.1) is 20.3 Å². The molecule has 32 heavy (non-hydrogen) atoms. The van der Waals surface area contributed by atoms with Gasteiger partial charge in [-0.25, -0.2) is 4.98 Å². The average Bonchev–Trinajstić information content (AvgIpc) is 3.30. The van der Waals surface area contributed by atoms with Crippen molar-refractivity contribution in [1.82, 2.24) is 19.5 Å². The van der Waals surface area contributed by atoms with E-state index in [4.69, 9.17) is 19.4 Å². The predicted octanol–water partition coefficient (Wildman–Crippen LogP) is 3.32. The molecule has 1 N–H and O–H groups in total. The standard InChI is InChI=1S/C24H26N6O2/c1-31-20-9-7-18(8-10-20)11-12-25-22-21-23(28-24(27-22)29-13-15-32-16-14-29)30(17-26-21)19-5-3-2-4-6-19/h2-10,17H,11-16H2,1H3,(H,25,27,28). The number of imidazole rings is 1. The molecular weight excluding hydrogens is 404 g/mol. The van der Waals surface area contributed by atoms with Gasteiger partial charge in [-0.1, -0.05) is 30.3 Å². The molecule has 1 aliphatic heterocycles. The summed E-state index contributed by atoms with van der Waals surface area (Å²) in [6.45, 7) is 3.64. The third-order valence-electron chi connectivity index (χ3n) is 5.58. The lowest BCUT2D eigenvalue weighted by molar-refractivity contribution is 0.122. The molecule has 0 atom stereocenters. The quantitative estimate of drug-likeness (QED) is 0.482. The van der Waals surface area contributed by atoms with Gasteiger partial charge in [0.25, 0.3) is 0 Å². The lowest BCUT2D eigenvalue weighted by atomic mass is 10.1. The molecule has 0 amide bonds. The SMILES string of the molecule is COc1ccc(CCNc2nc(N3CCOCC3)nc3c2ncn3-c2ccccc2)cc1. The van der Waals surface area contributed by atoms with Crippen molar-refractivity contribution in [1.29, 1.82) is 0 Å². The van der Waals surface area contributed by atoms with Crippen LogP contribution in [0.5, 0.6) is 5.75 Å². The van der Waals surface area contributed by atoms with Crippen molar-refractivity contribution < 1.29 is 9.47 Å². The van der Waals surface area contributed by atoms with E-state index in [1.807, 2.05) is 41.2 Å². The highest BCUT2D eigenvalue weighted by Crippen LogP contribution is 2.25. The third-order valence-corrected chi connectivity index (χ3v) is 5.58. The Bertz CT molecular complexity index is 1170. The number of anilines is 2. The molecule has 1 fully saturated rings. The number of benzene rings is 2. The summed E-state index contributed by atoms with van der Waals surface area (Å²) in [6, 6.07) is 18.3. The zero-order valence-corrected chi connectivity index (χ0v) is 18.1. The van der Waals surface area contributed by atoms with Gasteiger partial charge in [-0.05, 0) is 36.2 Å². The maximum absolute atomic E-state index is 5.51. The topological polar surface area (TPSA) is 77.3 Å². The summed E-state index contributed by atoms with van der Waals surface area (Å²) in [7, 11) is 1.68. The fourth-order valence-corrected chi connectivity index (χ4v) is 3.81. The molecule has 2 aromatic carbocycles. The first-order valence-corrected chi connectivity index (χ1v) is 10.8. The van der Waals surface area contributed by atoms with Gasteiger partial charge >= 0.3 is 0 Å². The number of nitrogens with zero attached hydrogens (tertiary/aromatic N) is 5. The van der Waals surface area contributed by atoms with Crippen LogP contribution in [0.4, 0.5) is 11.8 Å². The van der Waals surface area contributed by atoms with E-state index in [0.717, 1.165) is 54.5 Å². The molecule has 8 nitrogen and oxygen atoms in total. The molecule has 0 unspecified atom stereocenters. The van der Waals surface area contributed by atoms with Crippen molar-refractivity contribution in [2.24, 2.45) is 0 Å². The van der Waals surface area contributed by atoms with Crippen molar-refractivity contribution >= 4 is 22.9 Å². The minimum atomic E-state index is 0.680. The van der Waals surface area contributed by atoms with Crippen molar-refractivity contribution in [2.45, 2.75) is 6.42 Å². The molecule has 3 heterocycles. The molecule has 0 saturated carbocycles. The Morgan fingerprint density at radius 1 is 1.00 bits per heavy atom. The van der Waals surface area contributed by atoms with Gasteiger partial charge in [-0.2, -0.15) is 9.97 Å². The summed E-state index contributed by atoms with van der Waals surface area (Å²) in [5.74, 6) is 2.31. The van der Waals surface area contributed by atoms with Crippen LogP contribution in [0.15, 0.2) is 60.9 Å². The van der Waals surface area contributed by atoms with Crippen LogP contribution in [0.2, 0.25) is 0 Å². The Hall–Kier alpha value is -3.65. The maximum atomic E-state index is 5.51. The first-order valence-electron chi connectivity index (χ1n) is 10.8. The van der Waals surface area contributed by atoms with Gasteiger partial charge in [0.1, 0.15) is 12.1 Å². The summed E-state index contributed by atoms with van der Waals surface area (Å²) in [4.78, 5) is 16.5. The van der Waals surface area contributed by atoms with E-state index in [1.165, 1.54) is 5.56 Å². The largest absolute Gasteiger partial charge is 0.497 e. The fourth-order valence-electron chi connectivity index (χ4n) is 3.81. The molecule has 1 aliphatic rings. The molecule has 1 saturated heterocycles. The number of para-hydroxylation sites is 1. The van der Waals surface area contributed by atoms with Gasteiger partial charge in [-0.15, -0.1) is 0 Å². The number of rotatable bonds is 7. The van der Waals surface area contributed by atoms with E-state index >= 15 is 0 Å². The molecule has 5 rings (SSSR count). The monoisotopic (exact) mass is 430 g/mol.